The molecule has 0 aliphatic heterocycles. The van der Waals surface area contributed by atoms with E-state index in [0.29, 0.717) is 31.4 Å². The van der Waals surface area contributed by atoms with Gasteiger partial charge in [0.1, 0.15) is 0 Å². The number of carbonyl (C=O) groups is 1. The van der Waals surface area contributed by atoms with Crippen molar-refractivity contribution in [2.75, 3.05) is 10.6 Å². The lowest BCUT2D eigenvalue weighted by atomic mass is 10.1. The highest BCUT2D eigenvalue weighted by Crippen LogP contribution is 2.33. The number of amides is 2. The zero-order chi connectivity index (χ0) is 18.8. The minimum absolute atomic E-state index is 0.370. The maximum absolute atomic E-state index is 12.2. The molecule has 1 heterocycles. The van der Waals surface area contributed by atoms with E-state index < -0.39 is 6.03 Å². The van der Waals surface area contributed by atoms with E-state index in [2.05, 4.69) is 20.8 Å². The molecule has 0 aliphatic carbocycles. The van der Waals surface area contributed by atoms with Crippen molar-refractivity contribution in [3.63, 3.8) is 0 Å². The van der Waals surface area contributed by atoms with Crippen LogP contribution in [0.5, 0.6) is 0 Å². The zero-order valence-corrected chi connectivity index (χ0v) is 16.1. The predicted molar refractivity (Wildman–Crippen MR) is 112 cm³/mol. The lowest BCUT2D eigenvalue weighted by Crippen LogP contribution is -2.19. The maximum atomic E-state index is 12.2. The molecule has 8 heteroatoms. The molecule has 0 saturated carbocycles. The van der Waals surface area contributed by atoms with Crippen LogP contribution in [0.4, 0.5) is 15.6 Å². The first-order valence-corrected chi connectivity index (χ1v) is 9.51. The molecule has 4 rings (SSSR count). The number of hydrogen-bond donors (Lipinski definition) is 2. The van der Waals surface area contributed by atoms with Crippen LogP contribution in [0.25, 0.3) is 21.3 Å². The van der Waals surface area contributed by atoms with Gasteiger partial charge in [0.15, 0.2) is 5.01 Å². The van der Waals surface area contributed by atoms with Crippen molar-refractivity contribution in [1.29, 1.82) is 0 Å². The molecule has 0 saturated heterocycles. The summed E-state index contributed by atoms with van der Waals surface area (Å²) >= 11 is 13.3. The normalized spacial score (nSPS) is 10.7. The number of fused-ring (bicyclic) bond motifs is 1. The van der Waals surface area contributed by atoms with Crippen molar-refractivity contribution < 1.29 is 4.79 Å². The first-order chi connectivity index (χ1) is 13.1. The minimum atomic E-state index is -0.393. The van der Waals surface area contributed by atoms with Crippen LogP contribution in [0.15, 0.2) is 60.7 Å². The molecule has 0 bridgehead atoms. The summed E-state index contributed by atoms with van der Waals surface area (Å²) < 4.78 is 0. The third-order valence-corrected chi connectivity index (χ3v) is 5.23. The van der Waals surface area contributed by atoms with Gasteiger partial charge in [-0.2, -0.15) is 0 Å². The van der Waals surface area contributed by atoms with E-state index in [-0.39, 0.29) is 0 Å². The molecule has 0 aliphatic rings. The number of aromatic nitrogens is 2. The van der Waals surface area contributed by atoms with E-state index in [1.54, 1.807) is 18.2 Å². The van der Waals surface area contributed by atoms with Crippen LogP contribution in [0, 0.1) is 0 Å². The number of nitrogens with zero attached hydrogens (tertiary/aromatic N) is 2. The van der Waals surface area contributed by atoms with Gasteiger partial charge < -0.3 is 5.32 Å². The van der Waals surface area contributed by atoms with Crippen LogP contribution in [-0.4, -0.2) is 16.2 Å². The Morgan fingerprint density at radius 3 is 2.52 bits per heavy atom. The van der Waals surface area contributed by atoms with Crippen LogP contribution in [-0.2, 0) is 0 Å². The molecule has 0 spiro atoms. The van der Waals surface area contributed by atoms with Crippen molar-refractivity contribution in [3.05, 3.63) is 70.7 Å². The van der Waals surface area contributed by atoms with Crippen LogP contribution in [0.2, 0.25) is 10.0 Å². The Balaban J connectivity index is 1.47. The summed E-state index contributed by atoms with van der Waals surface area (Å²) in [7, 11) is 0. The van der Waals surface area contributed by atoms with E-state index in [1.165, 1.54) is 11.3 Å². The highest BCUT2D eigenvalue weighted by atomic mass is 35.5. The number of hydrogen-bond acceptors (Lipinski definition) is 4. The molecule has 0 radical (unpaired) electrons. The second-order valence-corrected chi connectivity index (χ2v) is 7.50. The standard InChI is InChI=1S/C19H12Cl2N4OS/c20-13-6-8-15(16(21)10-13)17-24-25-19(27-17)23-18(26)22-14-7-5-11-3-1-2-4-12(11)9-14/h1-10H,(H2,22,23,25,26). The predicted octanol–water partition coefficient (Wildman–Crippen LogP) is 6.31. The topological polar surface area (TPSA) is 66.9 Å². The fourth-order valence-corrected chi connectivity index (χ4v) is 3.90. The van der Waals surface area contributed by atoms with Gasteiger partial charge in [-0.1, -0.05) is 64.9 Å². The first-order valence-electron chi connectivity index (χ1n) is 7.94. The molecule has 0 unspecified atom stereocenters. The van der Waals surface area contributed by atoms with Crippen LogP contribution < -0.4 is 10.6 Å². The number of carbonyl (C=O) groups excluding carboxylic acids is 1. The van der Waals surface area contributed by atoms with Gasteiger partial charge in [-0.15, -0.1) is 10.2 Å². The van der Waals surface area contributed by atoms with E-state index >= 15 is 0 Å². The number of halogens is 2. The lowest BCUT2D eigenvalue weighted by molar-refractivity contribution is 0.262. The van der Waals surface area contributed by atoms with Gasteiger partial charge in [0, 0.05) is 16.3 Å². The molecule has 2 amide bonds. The molecule has 4 aromatic rings. The van der Waals surface area contributed by atoms with E-state index in [0.717, 1.165) is 10.8 Å². The van der Waals surface area contributed by atoms with Crippen LogP contribution in [0.3, 0.4) is 0 Å². The fourth-order valence-electron chi connectivity index (χ4n) is 2.57. The number of nitrogens with one attached hydrogen (secondary N) is 2. The largest absolute Gasteiger partial charge is 0.325 e. The Labute approximate surface area is 169 Å². The maximum Gasteiger partial charge on any atom is 0.325 e. The molecule has 5 nitrogen and oxygen atoms in total. The molecule has 27 heavy (non-hydrogen) atoms. The Bertz CT molecular complexity index is 1150. The van der Waals surface area contributed by atoms with Gasteiger partial charge in [-0.25, -0.2) is 4.79 Å². The molecule has 0 atom stereocenters. The number of benzene rings is 3. The van der Waals surface area contributed by atoms with Gasteiger partial charge in [0.2, 0.25) is 5.13 Å². The summed E-state index contributed by atoms with van der Waals surface area (Å²) in [5.74, 6) is 0. The Hall–Kier alpha value is -2.67. The molecule has 0 fully saturated rings. The van der Waals surface area contributed by atoms with E-state index in [4.69, 9.17) is 23.2 Å². The van der Waals surface area contributed by atoms with Crippen molar-refractivity contribution in [2.24, 2.45) is 0 Å². The molecule has 2 N–H and O–H groups in total. The second kappa shape index (κ2) is 7.52. The quantitative estimate of drug-likeness (QED) is 0.412. The number of anilines is 2. The second-order valence-electron chi connectivity index (χ2n) is 5.68. The third-order valence-electron chi connectivity index (χ3n) is 3.81. The van der Waals surface area contributed by atoms with Crippen molar-refractivity contribution in [3.8, 4) is 10.6 Å². The summed E-state index contributed by atoms with van der Waals surface area (Å²) in [4.78, 5) is 12.2. The summed E-state index contributed by atoms with van der Waals surface area (Å²) in [6.07, 6.45) is 0. The Morgan fingerprint density at radius 2 is 1.70 bits per heavy atom. The van der Waals surface area contributed by atoms with Crippen molar-refractivity contribution in [1.82, 2.24) is 10.2 Å². The summed E-state index contributed by atoms with van der Waals surface area (Å²) in [5, 5.41) is 17.7. The van der Waals surface area contributed by atoms with E-state index in [9.17, 15) is 4.79 Å². The smallest absolute Gasteiger partial charge is 0.308 e. The highest BCUT2D eigenvalue weighted by Gasteiger charge is 2.12. The average molecular weight is 415 g/mol. The number of urea groups is 1. The highest BCUT2D eigenvalue weighted by molar-refractivity contribution is 7.18. The summed E-state index contributed by atoms with van der Waals surface area (Å²) in [6, 6.07) is 18.4. The van der Waals surface area contributed by atoms with E-state index in [1.807, 2.05) is 42.5 Å². The SMILES string of the molecule is O=C(Nc1ccc2ccccc2c1)Nc1nnc(-c2ccc(Cl)cc2Cl)s1. The summed E-state index contributed by atoms with van der Waals surface area (Å²) in [6.45, 7) is 0. The minimum Gasteiger partial charge on any atom is -0.308 e. The fraction of sp³-hybridized carbons (Fsp3) is 0. The van der Waals surface area contributed by atoms with Gasteiger partial charge in [-0.3, -0.25) is 5.32 Å². The van der Waals surface area contributed by atoms with Gasteiger partial charge in [-0.05, 0) is 41.1 Å². The average Bonchev–Trinajstić information content (AvgIpc) is 3.09. The molecular weight excluding hydrogens is 403 g/mol. The van der Waals surface area contributed by atoms with Gasteiger partial charge in [0.05, 0.1) is 5.02 Å². The van der Waals surface area contributed by atoms with Crippen molar-refractivity contribution >= 4 is 62.2 Å². The molecular formula is C19H12Cl2N4OS. The third kappa shape index (κ3) is 4.03. The lowest BCUT2D eigenvalue weighted by Gasteiger charge is -2.06. The van der Waals surface area contributed by atoms with Crippen LogP contribution >= 0.6 is 34.5 Å². The Morgan fingerprint density at radius 1 is 0.889 bits per heavy atom. The van der Waals surface area contributed by atoms with Gasteiger partial charge >= 0.3 is 6.03 Å². The number of rotatable bonds is 3. The van der Waals surface area contributed by atoms with Crippen LogP contribution in [0.1, 0.15) is 0 Å². The molecule has 3 aromatic carbocycles. The first kappa shape index (κ1) is 17.7. The van der Waals surface area contributed by atoms with Crippen molar-refractivity contribution in [2.45, 2.75) is 0 Å². The summed E-state index contributed by atoms with van der Waals surface area (Å²) in [5.41, 5.74) is 1.40. The van der Waals surface area contributed by atoms with Gasteiger partial charge in [0.25, 0.3) is 0 Å². The monoisotopic (exact) mass is 414 g/mol. The zero-order valence-electron chi connectivity index (χ0n) is 13.7. The molecule has 1 aromatic heterocycles. The Kier molecular flexibility index (Phi) is 4.94. The molecule has 134 valence electrons.